The number of halogens is 1. The molecule has 0 aliphatic rings. The minimum absolute atomic E-state index is 0.0192. The van der Waals surface area contributed by atoms with Gasteiger partial charge >= 0.3 is 0 Å². The quantitative estimate of drug-likeness (QED) is 0.883. The highest BCUT2D eigenvalue weighted by Crippen LogP contribution is 2.47. The number of nitrogen functional groups attached to an aromatic ring is 1. The summed E-state index contributed by atoms with van der Waals surface area (Å²) < 4.78 is 29.5. The van der Waals surface area contributed by atoms with Crippen LogP contribution in [0.1, 0.15) is 0 Å². The van der Waals surface area contributed by atoms with Crippen LogP contribution in [0.2, 0.25) is 0 Å². The minimum atomic E-state index is -0.573. The van der Waals surface area contributed by atoms with Crippen LogP contribution in [0.3, 0.4) is 0 Å². The van der Waals surface area contributed by atoms with Gasteiger partial charge in [0.2, 0.25) is 0 Å². The summed E-state index contributed by atoms with van der Waals surface area (Å²) in [7, 11) is 4.24. The van der Waals surface area contributed by atoms with Crippen LogP contribution in [0.4, 0.5) is 10.2 Å². The molecular weight excluding hydrogens is 253 g/mol. The van der Waals surface area contributed by atoms with E-state index < -0.39 is 5.82 Å². The lowest BCUT2D eigenvalue weighted by Crippen LogP contribution is -2.00. The summed E-state index contributed by atoms with van der Waals surface area (Å²) in [4.78, 5) is 0. The summed E-state index contributed by atoms with van der Waals surface area (Å²) in [6.07, 6.45) is 1.47. The molecule has 1 heterocycles. The molecule has 0 fully saturated rings. The molecule has 2 rings (SSSR count). The Morgan fingerprint density at radius 3 is 2.32 bits per heavy atom. The number of anilines is 1. The average Bonchev–Trinajstić information content (AvgIpc) is 2.83. The SMILES string of the molecule is COc1cc(F)c(OC)c(-c2cn[nH]c2N)c1OC. The van der Waals surface area contributed by atoms with Crippen molar-refractivity contribution in [2.24, 2.45) is 0 Å². The van der Waals surface area contributed by atoms with Gasteiger partial charge in [-0.3, -0.25) is 5.10 Å². The molecule has 0 amide bonds. The molecule has 3 N–H and O–H groups in total. The number of methoxy groups -OCH3 is 3. The first kappa shape index (κ1) is 13.0. The Hall–Kier alpha value is -2.44. The Morgan fingerprint density at radius 1 is 1.16 bits per heavy atom. The van der Waals surface area contributed by atoms with Crippen LogP contribution in [0, 0.1) is 5.82 Å². The number of nitrogens with zero attached hydrogens (tertiary/aromatic N) is 1. The maximum atomic E-state index is 14.0. The predicted molar refractivity (Wildman–Crippen MR) is 68.1 cm³/mol. The van der Waals surface area contributed by atoms with Crippen molar-refractivity contribution in [2.45, 2.75) is 0 Å². The van der Waals surface area contributed by atoms with Crippen LogP contribution in [-0.4, -0.2) is 31.5 Å². The summed E-state index contributed by atoms with van der Waals surface area (Å²) in [5.41, 5.74) is 6.60. The van der Waals surface area contributed by atoms with Crippen molar-refractivity contribution in [2.75, 3.05) is 27.1 Å². The third-order valence-electron chi connectivity index (χ3n) is 2.72. The van der Waals surface area contributed by atoms with Crippen LogP contribution >= 0.6 is 0 Å². The van der Waals surface area contributed by atoms with Crippen molar-refractivity contribution < 1.29 is 18.6 Å². The van der Waals surface area contributed by atoms with E-state index in [1.165, 1.54) is 33.6 Å². The van der Waals surface area contributed by atoms with Crippen LogP contribution in [0.25, 0.3) is 11.1 Å². The first-order valence-electron chi connectivity index (χ1n) is 5.41. The van der Waals surface area contributed by atoms with Gasteiger partial charge in [0.1, 0.15) is 5.82 Å². The molecule has 0 aliphatic heterocycles. The Kier molecular flexibility index (Phi) is 3.46. The monoisotopic (exact) mass is 267 g/mol. The normalized spacial score (nSPS) is 10.3. The van der Waals surface area contributed by atoms with Crippen molar-refractivity contribution >= 4 is 5.82 Å². The van der Waals surface area contributed by atoms with Gasteiger partial charge in [-0.1, -0.05) is 0 Å². The van der Waals surface area contributed by atoms with E-state index in [-0.39, 0.29) is 17.3 Å². The molecule has 2 aromatic rings. The number of nitrogens with one attached hydrogen (secondary N) is 1. The molecule has 0 spiro atoms. The molecule has 0 saturated heterocycles. The molecule has 102 valence electrons. The van der Waals surface area contributed by atoms with Gasteiger partial charge in [-0.2, -0.15) is 5.10 Å². The van der Waals surface area contributed by atoms with E-state index in [9.17, 15) is 4.39 Å². The number of hydrogen-bond donors (Lipinski definition) is 2. The Bertz CT molecular complexity index is 598. The molecule has 19 heavy (non-hydrogen) atoms. The van der Waals surface area contributed by atoms with E-state index in [0.29, 0.717) is 16.9 Å². The highest BCUT2D eigenvalue weighted by Gasteiger charge is 2.24. The summed E-state index contributed by atoms with van der Waals surface area (Å²) in [6, 6.07) is 1.19. The highest BCUT2D eigenvalue weighted by molar-refractivity contribution is 5.85. The third kappa shape index (κ3) is 2.03. The molecule has 0 bridgehead atoms. The lowest BCUT2D eigenvalue weighted by Gasteiger charge is -2.16. The van der Waals surface area contributed by atoms with E-state index in [2.05, 4.69) is 10.2 Å². The highest BCUT2D eigenvalue weighted by atomic mass is 19.1. The summed E-state index contributed by atoms with van der Waals surface area (Å²) in [5.74, 6) is 0.302. The molecule has 0 aliphatic carbocycles. The lowest BCUT2D eigenvalue weighted by molar-refractivity contribution is 0.342. The number of hydrogen-bond acceptors (Lipinski definition) is 5. The van der Waals surface area contributed by atoms with E-state index >= 15 is 0 Å². The van der Waals surface area contributed by atoms with Crippen LogP contribution in [0.15, 0.2) is 12.3 Å². The van der Waals surface area contributed by atoms with Crippen LogP contribution in [-0.2, 0) is 0 Å². The molecule has 1 aromatic carbocycles. The molecule has 1 aromatic heterocycles. The number of rotatable bonds is 4. The van der Waals surface area contributed by atoms with Gasteiger partial charge in [0.05, 0.1) is 38.7 Å². The van der Waals surface area contributed by atoms with E-state index in [0.717, 1.165) is 0 Å². The Morgan fingerprint density at radius 2 is 1.84 bits per heavy atom. The number of benzene rings is 1. The fourth-order valence-corrected chi connectivity index (χ4v) is 1.89. The molecule has 7 heteroatoms. The second kappa shape index (κ2) is 5.05. The van der Waals surface area contributed by atoms with Crippen LogP contribution in [0.5, 0.6) is 17.2 Å². The first-order chi connectivity index (χ1) is 9.13. The van der Waals surface area contributed by atoms with Gasteiger partial charge in [-0.25, -0.2) is 4.39 Å². The van der Waals surface area contributed by atoms with Gasteiger partial charge < -0.3 is 19.9 Å². The van der Waals surface area contributed by atoms with Gasteiger partial charge in [-0.15, -0.1) is 0 Å². The maximum absolute atomic E-state index is 14.0. The van der Waals surface area contributed by atoms with Crippen molar-refractivity contribution in [3.8, 4) is 28.4 Å². The van der Waals surface area contributed by atoms with Gasteiger partial charge in [0.15, 0.2) is 23.1 Å². The zero-order chi connectivity index (χ0) is 14.0. The zero-order valence-corrected chi connectivity index (χ0v) is 10.8. The van der Waals surface area contributed by atoms with Crippen molar-refractivity contribution in [3.05, 3.63) is 18.1 Å². The standard InChI is InChI=1S/C12H14FN3O3/c1-17-8-4-7(13)10(18-2)9(11(8)19-3)6-5-15-16-12(6)14/h4-5H,1-3H3,(H3,14,15,16). The van der Waals surface area contributed by atoms with Crippen molar-refractivity contribution in [3.63, 3.8) is 0 Å². The third-order valence-corrected chi connectivity index (χ3v) is 2.72. The first-order valence-corrected chi connectivity index (χ1v) is 5.41. The van der Waals surface area contributed by atoms with Crippen molar-refractivity contribution in [1.29, 1.82) is 0 Å². The summed E-state index contributed by atoms with van der Waals surface area (Å²) in [5, 5.41) is 6.39. The Balaban J connectivity index is 2.82. The second-order valence-electron chi connectivity index (χ2n) is 3.70. The number of aromatic nitrogens is 2. The van der Waals surface area contributed by atoms with Crippen molar-refractivity contribution in [1.82, 2.24) is 10.2 Å². The summed E-state index contributed by atoms with van der Waals surface area (Å²) in [6.45, 7) is 0. The second-order valence-corrected chi connectivity index (χ2v) is 3.70. The fourth-order valence-electron chi connectivity index (χ4n) is 1.89. The van der Waals surface area contributed by atoms with E-state index in [4.69, 9.17) is 19.9 Å². The lowest BCUT2D eigenvalue weighted by atomic mass is 10.0. The number of ether oxygens (including phenoxy) is 3. The van der Waals surface area contributed by atoms with Gasteiger partial charge in [0.25, 0.3) is 0 Å². The number of H-pyrrole nitrogens is 1. The smallest absolute Gasteiger partial charge is 0.172 e. The molecule has 0 saturated carbocycles. The molecule has 0 atom stereocenters. The topological polar surface area (TPSA) is 82.4 Å². The van der Waals surface area contributed by atoms with Gasteiger partial charge in [0, 0.05) is 6.07 Å². The van der Waals surface area contributed by atoms with Crippen LogP contribution < -0.4 is 19.9 Å². The van der Waals surface area contributed by atoms with E-state index in [1.54, 1.807) is 0 Å². The number of aromatic amines is 1. The average molecular weight is 267 g/mol. The fraction of sp³-hybridized carbons (Fsp3) is 0.250. The molecule has 0 radical (unpaired) electrons. The summed E-state index contributed by atoms with van der Waals surface area (Å²) >= 11 is 0. The predicted octanol–water partition coefficient (Wildman–Crippen LogP) is 1.82. The molecule has 6 nitrogen and oxygen atoms in total. The Labute approximate surface area is 109 Å². The van der Waals surface area contributed by atoms with E-state index in [1.807, 2.05) is 0 Å². The zero-order valence-electron chi connectivity index (χ0n) is 10.8. The molecule has 0 unspecified atom stereocenters. The number of nitrogens with two attached hydrogens (primary N) is 1. The van der Waals surface area contributed by atoms with Gasteiger partial charge in [-0.05, 0) is 0 Å². The largest absolute Gasteiger partial charge is 0.493 e. The molecular formula is C12H14FN3O3. The minimum Gasteiger partial charge on any atom is -0.493 e. The maximum Gasteiger partial charge on any atom is 0.172 e.